The van der Waals surface area contributed by atoms with E-state index >= 15 is 0 Å². The Bertz CT molecular complexity index is 303. The van der Waals surface area contributed by atoms with Crippen molar-refractivity contribution in [2.75, 3.05) is 12.9 Å². The highest BCUT2D eigenvalue weighted by atomic mass is 35.5. The molecule has 0 saturated carbocycles. The Balaban J connectivity index is 2.18. The maximum absolute atomic E-state index is 11.0. The first-order chi connectivity index (χ1) is 6.72. The van der Waals surface area contributed by atoms with Crippen molar-refractivity contribution in [3.05, 3.63) is 21.3 Å². The summed E-state index contributed by atoms with van der Waals surface area (Å²) < 4.78 is 0.780. The Morgan fingerprint density at radius 1 is 1.71 bits per heavy atom. The lowest BCUT2D eigenvalue weighted by Crippen LogP contribution is -2.23. The highest BCUT2D eigenvalue weighted by molar-refractivity contribution is 7.99. The Morgan fingerprint density at radius 2 is 2.50 bits per heavy atom. The lowest BCUT2D eigenvalue weighted by atomic mass is 10.5. The van der Waals surface area contributed by atoms with Crippen molar-refractivity contribution in [1.82, 2.24) is 5.48 Å². The normalized spacial score (nSPS) is 10.1. The fraction of sp³-hybridized carbons (Fsp3) is 0.375. The molecule has 0 unspecified atom stereocenters. The second kappa shape index (κ2) is 6.29. The molecule has 1 aromatic rings. The van der Waals surface area contributed by atoms with E-state index in [9.17, 15) is 4.79 Å². The largest absolute Gasteiger partial charge is 0.277 e. The zero-order chi connectivity index (χ0) is 10.4. The third kappa shape index (κ3) is 4.32. The van der Waals surface area contributed by atoms with Crippen LogP contribution in [0.3, 0.4) is 0 Å². The Labute approximate surface area is 95.7 Å². The number of nitrogens with one attached hydrogen (secondary N) is 1. The van der Waals surface area contributed by atoms with Crippen molar-refractivity contribution in [1.29, 1.82) is 0 Å². The van der Waals surface area contributed by atoms with Gasteiger partial charge in [0.05, 0.1) is 17.2 Å². The van der Waals surface area contributed by atoms with E-state index in [1.807, 2.05) is 12.1 Å². The number of thioether (sulfide) groups is 1. The number of halogens is 1. The van der Waals surface area contributed by atoms with Crippen molar-refractivity contribution >= 4 is 40.6 Å². The van der Waals surface area contributed by atoms with Crippen molar-refractivity contribution in [2.45, 2.75) is 5.75 Å². The van der Waals surface area contributed by atoms with Crippen LogP contribution < -0.4 is 5.48 Å². The van der Waals surface area contributed by atoms with E-state index in [1.165, 1.54) is 35.1 Å². The molecule has 1 heterocycles. The number of hydroxylamine groups is 1. The summed E-state index contributed by atoms with van der Waals surface area (Å²) in [5, 5.41) is 0. The molecule has 0 aliphatic heterocycles. The highest BCUT2D eigenvalue weighted by Crippen LogP contribution is 2.24. The first kappa shape index (κ1) is 11.8. The predicted octanol–water partition coefficient (Wildman–Crippen LogP) is 2.31. The van der Waals surface area contributed by atoms with E-state index < -0.39 is 0 Å². The van der Waals surface area contributed by atoms with Gasteiger partial charge in [-0.25, -0.2) is 5.48 Å². The van der Waals surface area contributed by atoms with E-state index in [0.29, 0.717) is 5.75 Å². The number of amides is 1. The SMILES string of the molecule is CONC(=O)CSCc1ccc(Cl)s1. The standard InChI is InChI=1S/C8H10ClNO2S2/c1-12-10-8(11)5-13-4-6-2-3-7(9)14-6/h2-3H,4-5H2,1H3,(H,10,11). The summed E-state index contributed by atoms with van der Waals surface area (Å²) in [6.07, 6.45) is 0. The first-order valence-electron chi connectivity index (χ1n) is 3.86. The van der Waals surface area contributed by atoms with Crippen molar-refractivity contribution in [2.24, 2.45) is 0 Å². The molecule has 0 aromatic carbocycles. The van der Waals surface area contributed by atoms with Gasteiger partial charge in [0.2, 0.25) is 0 Å². The summed E-state index contributed by atoms with van der Waals surface area (Å²) in [6.45, 7) is 0. The van der Waals surface area contributed by atoms with Gasteiger partial charge in [-0.3, -0.25) is 9.63 Å². The smallest absolute Gasteiger partial charge is 0.253 e. The molecule has 0 aliphatic carbocycles. The molecule has 1 amide bonds. The number of hydrogen-bond donors (Lipinski definition) is 1. The van der Waals surface area contributed by atoms with Crippen LogP contribution >= 0.6 is 34.7 Å². The average Bonchev–Trinajstić information content (AvgIpc) is 2.52. The molecule has 1 aromatic heterocycles. The van der Waals surface area contributed by atoms with Crippen LogP contribution in [0.2, 0.25) is 4.34 Å². The Hall–Kier alpha value is -0.230. The van der Waals surface area contributed by atoms with Crippen molar-refractivity contribution in [3.8, 4) is 0 Å². The van der Waals surface area contributed by atoms with Crippen LogP contribution in [0.25, 0.3) is 0 Å². The van der Waals surface area contributed by atoms with Crippen LogP contribution in [0.5, 0.6) is 0 Å². The third-order valence-electron chi connectivity index (χ3n) is 1.32. The topological polar surface area (TPSA) is 38.3 Å². The zero-order valence-corrected chi connectivity index (χ0v) is 9.97. The molecule has 0 radical (unpaired) electrons. The first-order valence-corrected chi connectivity index (χ1v) is 6.21. The maximum atomic E-state index is 11.0. The quantitative estimate of drug-likeness (QED) is 0.817. The molecule has 0 spiro atoms. The lowest BCUT2D eigenvalue weighted by molar-refractivity contribution is -0.128. The van der Waals surface area contributed by atoms with Gasteiger partial charge in [0, 0.05) is 10.6 Å². The van der Waals surface area contributed by atoms with Gasteiger partial charge in [0.15, 0.2) is 0 Å². The van der Waals surface area contributed by atoms with Gasteiger partial charge < -0.3 is 0 Å². The summed E-state index contributed by atoms with van der Waals surface area (Å²) >= 11 is 8.82. The van der Waals surface area contributed by atoms with Crippen LogP contribution in [0.1, 0.15) is 4.88 Å². The second-order valence-electron chi connectivity index (χ2n) is 2.43. The summed E-state index contributed by atoms with van der Waals surface area (Å²) in [5.41, 5.74) is 2.25. The fourth-order valence-electron chi connectivity index (χ4n) is 0.817. The van der Waals surface area contributed by atoms with Gasteiger partial charge in [-0.1, -0.05) is 11.6 Å². The molecule has 6 heteroatoms. The van der Waals surface area contributed by atoms with E-state index in [4.69, 9.17) is 11.6 Å². The summed E-state index contributed by atoms with van der Waals surface area (Å²) in [7, 11) is 1.42. The van der Waals surface area contributed by atoms with E-state index in [-0.39, 0.29) is 5.91 Å². The maximum Gasteiger partial charge on any atom is 0.253 e. The number of carbonyl (C=O) groups is 1. The fourth-order valence-corrected chi connectivity index (χ4v) is 2.83. The number of rotatable bonds is 5. The number of carbonyl (C=O) groups excluding carboxylic acids is 1. The van der Waals surface area contributed by atoms with Crippen LogP contribution in [-0.2, 0) is 15.4 Å². The molecule has 0 atom stereocenters. The van der Waals surface area contributed by atoms with Gasteiger partial charge >= 0.3 is 0 Å². The molecule has 3 nitrogen and oxygen atoms in total. The minimum Gasteiger partial charge on any atom is -0.277 e. The zero-order valence-electron chi connectivity index (χ0n) is 7.58. The number of hydrogen-bond acceptors (Lipinski definition) is 4. The number of thiophene rings is 1. The van der Waals surface area contributed by atoms with Crippen LogP contribution in [-0.4, -0.2) is 18.8 Å². The molecule has 0 saturated heterocycles. The van der Waals surface area contributed by atoms with Gasteiger partial charge in [0.1, 0.15) is 0 Å². The van der Waals surface area contributed by atoms with Crippen molar-refractivity contribution in [3.63, 3.8) is 0 Å². The van der Waals surface area contributed by atoms with E-state index in [1.54, 1.807) is 0 Å². The Morgan fingerprint density at radius 3 is 3.07 bits per heavy atom. The Kier molecular flexibility index (Phi) is 5.32. The summed E-state index contributed by atoms with van der Waals surface area (Å²) in [6, 6.07) is 3.82. The lowest BCUT2D eigenvalue weighted by Gasteiger charge is -2.00. The third-order valence-corrected chi connectivity index (χ3v) is 3.72. The van der Waals surface area contributed by atoms with E-state index in [0.717, 1.165) is 10.1 Å². The summed E-state index contributed by atoms with van der Waals surface area (Å²) in [4.78, 5) is 16.6. The molecule has 0 fully saturated rings. The molecule has 0 aliphatic rings. The van der Waals surface area contributed by atoms with Crippen LogP contribution in [0, 0.1) is 0 Å². The molecular formula is C8H10ClNO2S2. The molecular weight excluding hydrogens is 242 g/mol. The van der Waals surface area contributed by atoms with E-state index in [2.05, 4.69) is 10.3 Å². The van der Waals surface area contributed by atoms with Gasteiger partial charge in [-0.15, -0.1) is 23.1 Å². The molecule has 14 heavy (non-hydrogen) atoms. The molecule has 1 rings (SSSR count). The van der Waals surface area contributed by atoms with Crippen LogP contribution in [0.4, 0.5) is 0 Å². The van der Waals surface area contributed by atoms with Crippen molar-refractivity contribution < 1.29 is 9.63 Å². The van der Waals surface area contributed by atoms with Gasteiger partial charge in [-0.05, 0) is 12.1 Å². The minimum atomic E-state index is -0.125. The monoisotopic (exact) mass is 251 g/mol. The van der Waals surface area contributed by atoms with Gasteiger partial charge in [0.25, 0.3) is 5.91 Å². The molecule has 1 N–H and O–H groups in total. The highest BCUT2D eigenvalue weighted by Gasteiger charge is 2.02. The van der Waals surface area contributed by atoms with Gasteiger partial charge in [-0.2, -0.15) is 0 Å². The minimum absolute atomic E-state index is 0.125. The second-order valence-corrected chi connectivity index (χ2v) is 5.21. The summed E-state index contributed by atoms with van der Waals surface area (Å²) in [5.74, 6) is 1.07. The average molecular weight is 252 g/mol. The van der Waals surface area contributed by atoms with Crippen LogP contribution in [0.15, 0.2) is 12.1 Å². The predicted molar refractivity (Wildman–Crippen MR) is 60.6 cm³/mol. The molecule has 0 bridgehead atoms. The molecule has 78 valence electrons.